The van der Waals surface area contributed by atoms with Crippen LogP contribution in [0.4, 0.5) is 11.4 Å². The third kappa shape index (κ3) is 2.85. The third-order valence-corrected chi connectivity index (χ3v) is 3.31. The second kappa shape index (κ2) is 5.01. The zero-order chi connectivity index (χ0) is 12.3. The Hall–Kier alpha value is -1.81. The first-order valence-electron chi connectivity index (χ1n) is 5.16. The summed E-state index contributed by atoms with van der Waals surface area (Å²) in [5, 5.41) is 0. The molecule has 2 rings (SSSR count). The van der Waals surface area contributed by atoms with Gasteiger partial charge in [0.15, 0.2) is 0 Å². The van der Waals surface area contributed by atoms with E-state index in [1.54, 1.807) is 18.9 Å². The largest absolute Gasteiger partial charge is 0.497 e. The van der Waals surface area contributed by atoms with Gasteiger partial charge in [-0.1, -0.05) is 17.8 Å². The lowest BCUT2D eigenvalue weighted by Crippen LogP contribution is -1.93. The Balaban J connectivity index is 2.22. The molecule has 0 aromatic heterocycles. The normalized spacial score (nSPS) is 10.2. The first kappa shape index (κ1) is 11.7. The smallest absolute Gasteiger partial charge is 0.119 e. The van der Waals surface area contributed by atoms with E-state index in [4.69, 9.17) is 16.2 Å². The highest BCUT2D eigenvalue weighted by Crippen LogP contribution is 2.32. The van der Waals surface area contributed by atoms with Crippen molar-refractivity contribution in [2.75, 3.05) is 18.6 Å². The second-order valence-electron chi connectivity index (χ2n) is 3.57. The molecule has 0 aliphatic rings. The fourth-order valence-electron chi connectivity index (χ4n) is 1.42. The van der Waals surface area contributed by atoms with Crippen molar-refractivity contribution in [2.24, 2.45) is 0 Å². The number of anilines is 2. The molecule has 4 heteroatoms. The molecule has 0 fully saturated rings. The molecule has 0 saturated heterocycles. The Morgan fingerprint density at radius 2 is 1.71 bits per heavy atom. The summed E-state index contributed by atoms with van der Waals surface area (Å²) in [6, 6.07) is 13.5. The van der Waals surface area contributed by atoms with Gasteiger partial charge in [0.05, 0.1) is 18.5 Å². The zero-order valence-electron chi connectivity index (χ0n) is 9.51. The van der Waals surface area contributed by atoms with E-state index in [9.17, 15) is 0 Å². The number of methoxy groups -OCH3 is 1. The molecule has 2 aromatic carbocycles. The van der Waals surface area contributed by atoms with Gasteiger partial charge in [-0.15, -0.1) is 0 Å². The lowest BCUT2D eigenvalue weighted by Gasteiger charge is -2.06. The Bertz CT molecular complexity index is 529. The van der Waals surface area contributed by atoms with Crippen LogP contribution in [0.2, 0.25) is 0 Å². The SMILES string of the molecule is COc1cccc(Sc2ccc(N)c(N)c2)c1. The Morgan fingerprint density at radius 3 is 2.41 bits per heavy atom. The fourth-order valence-corrected chi connectivity index (χ4v) is 2.33. The number of benzene rings is 2. The molecule has 0 bridgehead atoms. The number of nitrogen functional groups attached to an aromatic ring is 2. The van der Waals surface area contributed by atoms with Crippen LogP contribution >= 0.6 is 11.8 Å². The van der Waals surface area contributed by atoms with Gasteiger partial charge in [0.25, 0.3) is 0 Å². The van der Waals surface area contributed by atoms with E-state index in [2.05, 4.69) is 0 Å². The first-order chi connectivity index (χ1) is 8.19. The van der Waals surface area contributed by atoms with Gasteiger partial charge in [0.2, 0.25) is 0 Å². The molecule has 17 heavy (non-hydrogen) atoms. The predicted octanol–water partition coefficient (Wildman–Crippen LogP) is 3.01. The number of rotatable bonds is 3. The molecule has 2 aromatic rings. The van der Waals surface area contributed by atoms with Gasteiger partial charge in [-0.2, -0.15) is 0 Å². The standard InChI is InChI=1S/C13H14N2OS/c1-16-9-3-2-4-10(7-9)17-11-5-6-12(14)13(15)8-11/h2-8H,14-15H2,1H3. The molecule has 0 spiro atoms. The molecule has 88 valence electrons. The molecular formula is C13H14N2OS. The lowest BCUT2D eigenvalue weighted by atomic mass is 10.3. The van der Waals surface area contributed by atoms with Crippen molar-refractivity contribution in [3.63, 3.8) is 0 Å². The van der Waals surface area contributed by atoms with Crippen molar-refractivity contribution in [3.8, 4) is 5.75 Å². The second-order valence-corrected chi connectivity index (χ2v) is 4.72. The minimum Gasteiger partial charge on any atom is -0.497 e. The molecule has 0 amide bonds. The monoisotopic (exact) mass is 246 g/mol. The zero-order valence-corrected chi connectivity index (χ0v) is 10.3. The maximum atomic E-state index is 5.77. The van der Waals surface area contributed by atoms with Crippen molar-refractivity contribution >= 4 is 23.1 Å². The number of nitrogens with two attached hydrogens (primary N) is 2. The number of hydrogen-bond donors (Lipinski definition) is 2. The summed E-state index contributed by atoms with van der Waals surface area (Å²) in [5.41, 5.74) is 12.7. The highest BCUT2D eigenvalue weighted by molar-refractivity contribution is 7.99. The molecule has 0 heterocycles. The van der Waals surface area contributed by atoms with Crippen molar-refractivity contribution in [2.45, 2.75) is 9.79 Å². The van der Waals surface area contributed by atoms with Crippen molar-refractivity contribution < 1.29 is 4.74 Å². The molecule has 0 atom stereocenters. The van der Waals surface area contributed by atoms with Crippen LogP contribution in [-0.4, -0.2) is 7.11 Å². The summed E-state index contributed by atoms with van der Waals surface area (Å²) in [6.07, 6.45) is 0. The summed E-state index contributed by atoms with van der Waals surface area (Å²) < 4.78 is 5.18. The van der Waals surface area contributed by atoms with Crippen molar-refractivity contribution in [1.82, 2.24) is 0 Å². The fraction of sp³-hybridized carbons (Fsp3) is 0.0769. The quantitative estimate of drug-likeness (QED) is 0.817. The van der Waals surface area contributed by atoms with Crippen LogP contribution in [0.25, 0.3) is 0 Å². The average Bonchev–Trinajstić information content (AvgIpc) is 2.34. The third-order valence-electron chi connectivity index (χ3n) is 2.34. The van der Waals surface area contributed by atoms with E-state index >= 15 is 0 Å². The molecule has 0 unspecified atom stereocenters. The van der Waals surface area contributed by atoms with Crippen LogP contribution < -0.4 is 16.2 Å². The summed E-state index contributed by atoms with van der Waals surface area (Å²) in [7, 11) is 1.66. The van der Waals surface area contributed by atoms with Gasteiger partial charge in [0, 0.05) is 9.79 Å². The van der Waals surface area contributed by atoms with Gasteiger partial charge in [-0.3, -0.25) is 0 Å². The van der Waals surface area contributed by atoms with Gasteiger partial charge in [-0.25, -0.2) is 0 Å². The van der Waals surface area contributed by atoms with Gasteiger partial charge in [-0.05, 0) is 36.4 Å². The molecule has 0 saturated carbocycles. The molecule has 3 nitrogen and oxygen atoms in total. The van der Waals surface area contributed by atoms with E-state index in [0.717, 1.165) is 15.5 Å². The van der Waals surface area contributed by atoms with Crippen LogP contribution in [-0.2, 0) is 0 Å². The van der Waals surface area contributed by atoms with Gasteiger partial charge in [0.1, 0.15) is 5.75 Å². The van der Waals surface area contributed by atoms with E-state index < -0.39 is 0 Å². The minimum absolute atomic E-state index is 0.609. The predicted molar refractivity (Wildman–Crippen MR) is 72.4 cm³/mol. The highest BCUT2D eigenvalue weighted by Gasteiger charge is 2.01. The summed E-state index contributed by atoms with van der Waals surface area (Å²) in [4.78, 5) is 2.17. The first-order valence-corrected chi connectivity index (χ1v) is 5.97. The highest BCUT2D eigenvalue weighted by atomic mass is 32.2. The van der Waals surface area contributed by atoms with Crippen LogP contribution in [0, 0.1) is 0 Å². The molecule has 4 N–H and O–H groups in total. The molecule has 0 aliphatic carbocycles. The van der Waals surface area contributed by atoms with E-state index in [1.807, 2.05) is 42.5 Å². The lowest BCUT2D eigenvalue weighted by molar-refractivity contribution is 0.413. The topological polar surface area (TPSA) is 61.3 Å². The Kier molecular flexibility index (Phi) is 3.44. The van der Waals surface area contributed by atoms with E-state index in [1.165, 1.54) is 0 Å². The Morgan fingerprint density at radius 1 is 0.941 bits per heavy atom. The molecule has 0 aliphatic heterocycles. The Labute approximate surface area is 105 Å². The molecular weight excluding hydrogens is 232 g/mol. The van der Waals surface area contributed by atoms with Crippen molar-refractivity contribution in [3.05, 3.63) is 42.5 Å². The maximum Gasteiger partial charge on any atom is 0.119 e. The average molecular weight is 246 g/mol. The summed E-state index contributed by atoms with van der Waals surface area (Å²) in [5.74, 6) is 0.846. The minimum atomic E-state index is 0.609. The number of ether oxygens (including phenoxy) is 1. The van der Waals surface area contributed by atoms with E-state index in [0.29, 0.717) is 11.4 Å². The van der Waals surface area contributed by atoms with Crippen LogP contribution in [0.5, 0.6) is 5.75 Å². The van der Waals surface area contributed by atoms with Gasteiger partial charge < -0.3 is 16.2 Å². The maximum absolute atomic E-state index is 5.77. The van der Waals surface area contributed by atoms with Gasteiger partial charge >= 0.3 is 0 Å². The van der Waals surface area contributed by atoms with Crippen LogP contribution in [0.3, 0.4) is 0 Å². The van der Waals surface area contributed by atoms with E-state index in [-0.39, 0.29) is 0 Å². The van der Waals surface area contributed by atoms with Crippen LogP contribution in [0.1, 0.15) is 0 Å². The summed E-state index contributed by atoms with van der Waals surface area (Å²) in [6.45, 7) is 0. The summed E-state index contributed by atoms with van der Waals surface area (Å²) >= 11 is 1.62. The van der Waals surface area contributed by atoms with Crippen LogP contribution in [0.15, 0.2) is 52.3 Å². The van der Waals surface area contributed by atoms with Crippen molar-refractivity contribution in [1.29, 1.82) is 0 Å². The number of hydrogen-bond acceptors (Lipinski definition) is 4. The molecule has 0 radical (unpaired) electrons.